The lowest BCUT2D eigenvalue weighted by Crippen LogP contribution is -2.56. The highest BCUT2D eigenvalue weighted by Crippen LogP contribution is 1.92. The van der Waals surface area contributed by atoms with Gasteiger partial charge < -0.3 is 10.0 Å². The minimum atomic E-state index is 0.314. The van der Waals surface area contributed by atoms with Gasteiger partial charge >= 0.3 is 6.98 Å². The highest BCUT2D eigenvalue weighted by atomic mass is 15.1. The molecule has 1 N–H and O–H groups in total. The summed E-state index contributed by atoms with van der Waals surface area (Å²) in [6.45, 7) is 5.81. The van der Waals surface area contributed by atoms with E-state index < -0.39 is 0 Å². The molecule has 15 heavy (non-hydrogen) atoms. The summed E-state index contributed by atoms with van der Waals surface area (Å²) in [6, 6.07) is 10.6. The summed E-state index contributed by atoms with van der Waals surface area (Å²) >= 11 is 0. The minimum absolute atomic E-state index is 0.314. The van der Waals surface area contributed by atoms with Gasteiger partial charge in [0.1, 0.15) is 0 Å². The van der Waals surface area contributed by atoms with E-state index in [2.05, 4.69) is 68.3 Å². The zero-order chi connectivity index (χ0) is 11.3. The zero-order valence-electron chi connectivity index (χ0n) is 10.2. The van der Waals surface area contributed by atoms with Gasteiger partial charge in [0.15, 0.2) is 0 Å². The average molecular weight is 204 g/mol. The molecule has 1 aromatic rings. The first-order valence-electron chi connectivity index (χ1n) is 5.56. The molecule has 0 amide bonds. The molecule has 0 fully saturated rings. The first-order chi connectivity index (χ1) is 7.11. The van der Waals surface area contributed by atoms with Crippen molar-refractivity contribution < 1.29 is 0 Å². The molecular weight excluding hydrogens is 183 g/mol. The van der Waals surface area contributed by atoms with E-state index in [9.17, 15) is 0 Å². The van der Waals surface area contributed by atoms with Crippen molar-refractivity contribution >= 4 is 12.4 Å². The Kier molecular flexibility index (Phi) is 4.86. The minimum Gasteiger partial charge on any atom is -0.338 e. The van der Waals surface area contributed by atoms with Crippen molar-refractivity contribution in [1.29, 1.82) is 0 Å². The van der Waals surface area contributed by atoms with E-state index in [0.717, 1.165) is 6.54 Å². The van der Waals surface area contributed by atoms with Gasteiger partial charge in [0.2, 0.25) is 0 Å². The van der Waals surface area contributed by atoms with E-state index in [1.807, 2.05) is 0 Å². The van der Waals surface area contributed by atoms with Gasteiger partial charge in [0.25, 0.3) is 0 Å². The smallest absolute Gasteiger partial charge is 0.338 e. The molecule has 3 heteroatoms. The van der Waals surface area contributed by atoms with Crippen LogP contribution < -0.4 is 10.7 Å². The van der Waals surface area contributed by atoms with Gasteiger partial charge in [-0.3, -0.25) is 0 Å². The van der Waals surface area contributed by atoms with E-state index in [0.29, 0.717) is 12.9 Å². The fourth-order valence-corrected chi connectivity index (χ4v) is 1.58. The summed E-state index contributed by atoms with van der Waals surface area (Å²) in [5.74, 6) is 0.677. The van der Waals surface area contributed by atoms with E-state index in [1.54, 1.807) is 0 Å². The molecule has 0 aliphatic rings. The molecule has 0 saturated heterocycles. The van der Waals surface area contributed by atoms with Crippen LogP contribution in [-0.2, 0) is 0 Å². The van der Waals surface area contributed by atoms with Crippen LogP contribution in [0.4, 0.5) is 0 Å². The number of hydrogen-bond donors (Lipinski definition) is 1. The summed E-state index contributed by atoms with van der Waals surface area (Å²) in [4.78, 5) is 2.21. The van der Waals surface area contributed by atoms with Crippen molar-refractivity contribution in [1.82, 2.24) is 10.0 Å². The summed E-state index contributed by atoms with van der Waals surface area (Å²) in [5, 5.41) is 3.56. The molecule has 0 atom stereocenters. The van der Waals surface area contributed by atoms with Crippen molar-refractivity contribution in [3.8, 4) is 0 Å². The fourth-order valence-electron chi connectivity index (χ4n) is 1.58. The Morgan fingerprint density at radius 3 is 2.27 bits per heavy atom. The third-order valence-electron chi connectivity index (χ3n) is 2.35. The summed E-state index contributed by atoms with van der Waals surface area (Å²) in [7, 11) is 4.20. The first-order valence-corrected chi connectivity index (χ1v) is 5.56. The maximum Gasteiger partial charge on any atom is 0.343 e. The van der Waals surface area contributed by atoms with Crippen molar-refractivity contribution in [2.75, 3.05) is 20.6 Å². The Morgan fingerprint density at radius 2 is 1.80 bits per heavy atom. The normalized spacial score (nSPS) is 11.1. The lowest BCUT2D eigenvalue weighted by atomic mass is 9.66. The molecule has 2 nitrogen and oxygen atoms in total. The fraction of sp³-hybridized carbons (Fsp3) is 0.500. The summed E-state index contributed by atoms with van der Waals surface area (Å²) in [5.41, 5.74) is 1.32. The zero-order valence-corrected chi connectivity index (χ0v) is 10.2. The molecule has 0 aromatic heterocycles. The van der Waals surface area contributed by atoms with E-state index in [-0.39, 0.29) is 0 Å². The van der Waals surface area contributed by atoms with E-state index >= 15 is 0 Å². The maximum atomic E-state index is 3.56. The topological polar surface area (TPSA) is 15.3 Å². The number of hydrogen-bond acceptors (Lipinski definition) is 2. The van der Waals surface area contributed by atoms with Gasteiger partial charge in [-0.05, 0) is 32.0 Å². The molecule has 0 aliphatic heterocycles. The Morgan fingerprint density at radius 1 is 1.20 bits per heavy atom. The lowest BCUT2D eigenvalue weighted by Gasteiger charge is -2.22. The van der Waals surface area contributed by atoms with Crippen LogP contribution in [0.25, 0.3) is 0 Å². The molecule has 0 unspecified atom stereocenters. The second-order valence-electron chi connectivity index (χ2n) is 4.58. The Hall–Kier alpha value is -0.795. The third-order valence-corrected chi connectivity index (χ3v) is 2.35. The van der Waals surface area contributed by atoms with Crippen LogP contribution >= 0.6 is 0 Å². The largest absolute Gasteiger partial charge is 0.343 e. The predicted octanol–water partition coefficient (Wildman–Crippen LogP) is 1.19. The summed E-state index contributed by atoms with van der Waals surface area (Å²) < 4.78 is 0. The lowest BCUT2D eigenvalue weighted by molar-refractivity contribution is 0.581. The molecule has 0 aliphatic carbocycles. The molecule has 1 rings (SSSR count). The second-order valence-corrected chi connectivity index (χ2v) is 4.58. The number of nitrogens with zero attached hydrogens (tertiary/aromatic N) is 1. The van der Waals surface area contributed by atoms with Crippen LogP contribution in [0.1, 0.15) is 13.8 Å². The van der Waals surface area contributed by atoms with Crippen LogP contribution in [-0.4, -0.2) is 32.4 Å². The van der Waals surface area contributed by atoms with Gasteiger partial charge in [0, 0.05) is 0 Å². The summed E-state index contributed by atoms with van der Waals surface area (Å²) in [6.07, 6.45) is 0. The van der Waals surface area contributed by atoms with Crippen LogP contribution in [0.5, 0.6) is 0 Å². The molecule has 82 valence electrons. The van der Waals surface area contributed by atoms with Gasteiger partial charge in [-0.1, -0.05) is 44.2 Å². The monoisotopic (exact) mass is 204 g/mol. The van der Waals surface area contributed by atoms with Crippen LogP contribution in [0.15, 0.2) is 30.3 Å². The number of nitrogens with one attached hydrogen (secondary N) is 1. The standard InChI is InChI=1S/C12H21BN2/c1-11(2)10-14-13(15(3)4)12-8-6-5-7-9-12/h5-9,11,14H,10H2,1-4H3. The van der Waals surface area contributed by atoms with Crippen molar-refractivity contribution in [3.05, 3.63) is 30.3 Å². The molecule has 0 spiro atoms. The van der Waals surface area contributed by atoms with Gasteiger partial charge in [-0.15, -0.1) is 0 Å². The Balaban J connectivity index is 2.66. The highest BCUT2D eigenvalue weighted by Gasteiger charge is 2.19. The van der Waals surface area contributed by atoms with Crippen LogP contribution in [0, 0.1) is 5.92 Å². The second kappa shape index (κ2) is 5.94. The SMILES string of the molecule is CC(C)CNB(c1ccccc1)N(C)C. The van der Waals surface area contributed by atoms with Crippen molar-refractivity contribution in [3.63, 3.8) is 0 Å². The molecular formula is C12H21BN2. The van der Waals surface area contributed by atoms with Gasteiger partial charge in [0.05, 0.1) is 0 Å². The van der Waals surface area contributed by atoms with Crippen molar-refractivity contribution in [2.45, 2.75) is 13.8 Å². The first kappa shape index (κ1) is 12.3. The van der Waals surface area contributed by atoms with Gasteiger partial charge in [-0.2, -0.15) is 0 Å². The Labute approximate surface area is 93.8 Å². The average Bonchev–Trinajstić information content (AvgIpc) is 2.18. The molecule has 1 aromatic carbocycles. The Bertz CT molecular complexity index is 272. The number of benzene rings is 1. The van der Waals surface area contributed by atoms with Crippen LogP contribution in [0.3, 0.4) is 0 Å². The molecule has 0 radical (unpaired) electrons. The van der Waals surface area contributed by atoms with Crippen molar-refractivity contribution in [2.24, 2.45) is 5.92 Å². The maximum absolute atomic E-state index is 3.56. The third kappa shape index (κ3) is 4.06. The molecule has 0 saturated carbocycles. The quantitative estimate of drug-likeness (QED) is 0.724. The van der Waals surface area contributed by atoms with Crippen LogP contribution in [0.2, 0.25) is 0 Å². The predicted molar refractivity (Wildman–Crippen MR) is 68.4 cm³/mol. The van der Waals surface area contributed by atoms with E-state index in [4.69, 9.17) is 0 Å². The highest BCUT2D eigenvalue weighted by molar-refractivity contribution is 6.68. The molecule has 0 bridgehead atoms. The molecule has 0 heterocycles. The van der Waals surface area contributed by atoms with Gasteiger partial charge in [-0.25, -0.2) is 0 Å². The number of rotatable bonds is 5. The van der Waals surface area contributed by atoms with E-state index in [1.165, 1.54) is 5.46 Å².